The van der Waals surface area contributed by atoms with Crippen LogP contribution in [0.1, 0.15) is 11.1 Å². The van der Waals surface area contributed by atoms with Crippen molar-refractivity contribution in [2.24, 2.45) is 0 Å². The van der Waals surface area contributed by atoms with Crippen LogP contribution in [0.3, 0.4) is 0 Å². The number of carbonyl (C=O) groups excluding carboxylic acids is 1. The van der Waals surface area contributed by atoms with E-state index in [9.17, 15) is 24.6 Å². The lowest BCUT2D eigenvalue weighted by molar-refractivity contribution is -0.158. The first kappa shape index (κ1) is 21.9. The number of nitrogens with one attached hydrogen (secondary N) is 2. The number of nitrogens with zero attached hydrogens (tertiary/aromatic N) is 1. The maximum Gasteiger partial charge on any atom is 0.328 e. The van der Waals surface area contributed by atoms with Crippen LogP contribution in [0.4, 0.5) is 0 Å². The monoisotopic (exact) mass is 439 g/mol. The number of aliphatic hydroxyl groups excluding tert-OH is 2. The number of fused-ring (bicyclic) bond motifs is 1. The minimum atomic E-state index is -1.34. The first-order valence-corrected chi connectivity index (χ1v) is 10.4. The molecule has 1 saturated heterocycles. The van der Waals surface area contributed by atoms with Gasteiger partial charge in [-0.2, -0.15) is 0 Å². The van der Waals surface area contributed by atoms with E-state index in [0.29, 0.717) is 10.9 Å². The van der Waals surface area contributed by atoms with Gasteiger partial charge in [-0.15, -0.1) is 0 Å². The van der Waals surface area contributed by atoms with Crippen molar-refractivity contribution in [1.29, 1.82) is 0 Å². The van der Waals surface area contributed by atoms with Crippen molar-refractivity contribution < 1.29 is 19.7 Å². The van der Waals surface area contributed by atoms with Gasteiger partial charge in [-0.1, -0.05) is 36.4 Å². The molecule has 3 aromatic rings. The van der Waals surface area contributed by atoms with Crippen LogP contribution in [-0.2, 0) is 22.5 Å². The molecule has 1 aliphatic rings. The number of aliphatic hydroxyl groups is 2. The molecule has 1 aliphatic heterocycles. The number of carbonyl (C=O) groups is 1. The molecule has 168 valence electrons. The van der Waals surface area contributed by atoms with E-state index in [4.69, 9.17) is 4.74 Å². The van der Waals surface area contributed by atoms with Crippen molar-refractivity contribution in [3.05, 3.63) is 80.5 Å². The molecule has 4 rings (SSSR count). The summed E-state index contributed by atoms with van der Waals surface area (Å²) in [5.41, 5.74) is 1.14. The standard InChI is InChI=1S/C23H25N3O6/c1-13-6-2-3-7-14(13)10-19(27)24-16-12-32-18(21(29)20(16)28)11-26-17-9-5-4-8-15(17)22(30)25-23(26)31/h2-9,16,18,20-21,28-29H,10-12H2,1H3,(H,24,27)(H,25,30,31)/t16-,18-,20+,21-/m1/s1. The molecule has 32 heavy (non-hydrogen) atoms. The molecular formula is C23H25N3O6. The SMILES string of the molecule is Cc1ccccc1CC(=O)N[C@@H]1CO[C@H](Cn2c(=O)[nH]c(=O)c3ccccc32)[C@@H](O)[C@H]1O. The molecule has 1 amide bonds. The second kappa shape index (κ2) is 9.07. The first-order valence-electron chi connectivity index (χ1n) is 10.4. The maximum absolute atomic E-state index is 12.4. The molecule has 2 aromatic carbocycles. The van der Waals surface area contributed by atoms with E-state index in [1.807, 2.05) is 31.2 Å². The van der Waals surface area contributed by atoms with Crippen LogP contribution in [0.5, 0.6) is 0 Å². The summed E-state index contributed by atoms with van der Waals surface area (Å²) in [6, 6.07) is 13.3. The number of amides is 1. The summed E-state index contributed by atoms with van der Waals surface area (Å²) in [5, 5.41) is 24.3. The third kappa shape index (κ3) is 4.36. The molecule has 0 saturated carbocycles. The van der Waals surface area contributed by atoms with Crippen LogP contribution in [0, 0.1) is 6.92 Å². The number of H-pyrrole nitrogens is 1. The number of ether oxygens (including phenoxy) is 1. The van der Waals surface area contributed by atoms with E-state index < -0.39 is 35.6 Å². The van der Waals surface area contributed by atoms with Crippen LogP contribution in [0.2, 0.25) is 0 Å². The number of rotatable bonds is 5. The summed E-state index contributed by atoms with van der Waals surface area (Å²) in [6.07, 6.45) is -3.38. The van der Waals surface area contributed by atoms with Crippen molar-refractivity contribution in [2.45, 2.75) is 44.2 Å². The van der Waals surface area contributed by atoms with Gasteiger partial charge in [0.25, 0.3) is 5.56 Å². The van der Waals surface area contributed by atoms with Crippen LogP contribution in [0.25, 0.3) is 10.9 Å². The lowest BCUT2D eigenvalue weighted by atomic mass is 9.97. The van der Waals surface area contributed by atoms with Crippen LogP contribution < -0.4 is 16.6 Å². The molecule has 4 atom stereocenters. The van der Waals surface area contributed by atoms with E-state index in [2.05, 4.69) is 10.3 Å². The third-order valence-corrected chi connectivity index (χ3v) is 5.86. The van der Waals surface area contributed by atoms with Crippen molar-refractivity contribution in [3.8, 4) is 0 Å². The zero-order chi connectivity index (χ0) is 22.8. The molecule has 1 aromatic heterocycles. The molecular weight excluding hydrogens is 414 g/mol. The Morgan fingerprint density at radius 3 is 2.62 bits per heavy atom. The van der Waals surface area contributed by atoms with E-state index in [1.165, 1.54) is 4.57 Å². The second-order valence-corrected chi connectivity index (χ2v) is 8.02. The summed E-state index contributed by atoms with van der Waals surface area (Å²) >= 11 is 0. The van der Waals surface area contributed by atoms with Gasteiger partial charge in [0.05, 0.1) is 36.5 Å². The fraction of sp³-hybridized carbons (Fsp3) is 0.348. The molecule has 0 unspecified atom stereocenters. The highest BCUT2D eigenvalue weighted by Gasteiger charge is 2.39. The molecule has 0 aliphatic carbocycles. The molecule has 2 heterocycles. The Morgan fingerprint density at radius 1 is 1.12 bits per heavy atom. The predicted octanol–water partition coefficient (Wildman–Crippen LogP) is -0.154. The Labute approximate surface area is 183 Å². The molecule has 1 fully saturated rings. The lowest BCUT2D eigenvalue weighted by Crippen LogP contribution is -2.60. The van der Waals surface area contributed by atoms with Gasteiger partial charge in [0.15, 0.2) is 0 Å². The number of para-hydroxylation sites is 1. The molecule has 0 bridgehead atoms. The second-order valence-electron chi connectivity index (χ2n) is 8.02. The van der Waals surface area contributed by atoms with Crippen molar-refractivity contribution in [2.75, 3.05) is 6.61 Å². The fourth-order valence-corrected chi connectivity index (χ4v) is 4.01. The topological polar surface area (TPSA) is 134 Å². The molecule has 0 radical (unpaired) electrons. The van der Waals surface area contributed by atoms with Crippen molar-refractivity contribution >= 4 is 16.8 Å². The number of benzene rings is 2. The Balaban J connectivity index is 1.46. The number of aryl methyl sites for hydroxylation is 1. The molecule has 0 spiro atoms. The van der Waals surface area contributed by atoms with E-state index in [1.54, 1.807) is 24.3 Å². The normalized spacial score (nSPS) is 23.2. The van der Waals surface area contributed by atoms with Gasteiger partial charge < -0.3 is 20.3 Å². The molecule has 9 nitrogen and oxygen atoms in total. The zero-order valence-electron chi connectivity index (χ0n) is 17.5. The van der Waals surface area contributed by atoms with Crippen molar-refractivity contribution in [1.82, 2.24) is 14.9 Å². The Morgan fingerprint density at radius 2 is 1.84 bits per heavy atom. The van der Waals surface area contributed by atoms with E-state index >= 15 is 0 Å². The Hall–Kier alpha value is -3.27. The summed E-state index contributed by atoms with van der Waals surface area (Å²) in [7, 11) is 0. The average Bonchev–Trinajstić information content (AvgIpc) is 2.77. The highest BCUT2D eigenvalue weighted by Crippen LogP contribution is 2.19. The van der Waals surface area contributed by atoms with E-state index in [-0.39, 0.29) is 25.5 Å². The minimum Gasteiger partial charge on any atom is -0.388 e. The Kier molecular flexibility index (Phi) is 6.22. The van der Waals surface area contributed by atoms with Crippen LogP contribution in [0.15, 0.2) is 58.1 Å². The highest BCUT2D eigenvalue weighted by molar-refractivity contribution is 5.79. The third-order valence-electron chi connectivity index (χ3n) is 5.86. The average molecular weight is 439 g/mol. The van der Waals surface area contributed by atoms with Gasteiger partial charge in [0.1, 0.15) is 18.3 Å². The minimum absolute atomic E-state index is 0.0293. The summed E-state index contributed by atoms with van der Waals surface area (Å²) in [6.45, 7) is 1.81. The van der Waals surface area contributed by atoms with Gasteiger partial charge in [-0.25, -0.2) is 4.79 Å². The first-order chi connectivity index (χ1) is 15.3. The maximum atomic E-state index is 12.4. The van der Waals surface area contributed by atoms with Crippen molar-refractivity contribution in [3.63, 3.8) is 0 Å². The van der Waals surface area contributed by atoms with Gasteiger partial charge in [0, 0.05) is 0 Å². The number of hydrogen-bond donors (Lipinski definition) is 4. The van der Waals surface area contributed by atoms with E-state index in [0.717, 1.165) is 11.1 Å². The highest BCUT2D eigenvalue weighted by atomic mass is 16.5. The van der Waals surface area contributed by atoms with Gasteiger partial charge in [0.2, 0.25) is 5.91 Å². The number of aromatic nitrogens is 2. The predicted molar refractivity (Wildman–Crippen MR) is 117 cm³/mol. The van der Waals surface area contributed by atoms with Gasteiger partial charge in [-0.3, -0.25) is 19.1 Å². The largest absolute Gasteiger partial charge is 0.388 e. The summed E-state index contributed by atoms with van der Waals surface area (Å²) in [4.78, 5) is 39.1. The zero-order valence-corrected chi connectivity index (χ0v) is 17.5. The summed E-state index contributed by atoms with van der Waals surface area (Å²) in [5.74, 6) is -0.291. The number of hydrogen-bond acceptors (Lipinski definition) is 6. The fourth-order valence-electron chi connectivity index (χ4n) is 4.01. The van der Waals surface area contributed by atoms with Crippen LogP contribution >= 0.6 is 0 Å². The summed E-state index contributed by atoms with van der Waals surface area (Å²) < 4.78 is 7.01. The molecule has 4 N–H and O–H groups in total. The lowest BCUT2D eigenvalue weighted by Gasteiger charge is -2.38. The van der Waals surface area contributed by atoms with Gasteiger partial charge >= 0.3 is 5.69 Å². The van der Waals surface area contributed by atoms with Crippen LogP contribution in [-0.4, -0.2) is 56.6 Å². The van der Waals surface area contributed by atoms with Gasteiger partial charge in [-0.05, 0) is 30.2 Å². The number of aromatic amines is 1. The Bertz CT molecular complexity index is 1250. The molecule has 9 heteroatoms. The smallest absolute Gasteiger partial charge is 0.328 e. The quantitative estimate of drug-likeness (QED) is 0.437.